The lowest BCUT2D eigenvalue weighted by Gasteiger charge is -2.39. The van der Waals surface area contributed by atoms with Gasteiger partial charge in [-0.05, 0) is 36.6 Å². The summed E-state index contributed by atoms with van der Waals surface area (Å²) in [5, 5.41) is 10.4. The van der Waals surface area contributed by atoms with Crippen molar-refractivity contribution in [3.05, 3.63) is 35.8 Å². The molecule has 0 bridgehead atoms. The van der Waals surface area contributed by atoms with Crippen molar-refractivity contribution < 1.29 is 23.8 Å². The van der Waals surface area contributed by atoms with E-state index in [0.717, 1.165) is 10.9 Å². The fraction of sp³-hybridized carbons (Fsp3) is 0.444. The van der Waals surface area contributed by atoms with Crippen molar-refractivity contribution >= 4 is 22.8 Å². The smallest absolute Gasteiger partial charge is 0.313 e. The van der Waals surface area contributed by atoms with Crippen LogP contribution in [0.1, 0.15) is 18.4 Å². The van der Waals surface area contributed by atoms with Crippen LogP contribution in [0.15, 0.2) is 24.4 Å². The van der Waals surface area contributed by atoms with E-state index in [9.17, 15) is 19.1 Å². The van der Waals surface area contributed by atoms with Crippen LogP contribution >= 0.6 is 0 Å². The first-order chi connectivity index (χ1) is 11.9. The quantitative estimate of drug-likeness (QED) is 0.868. The number of amides is 1. The van der Waals surface area contributed by atoms with Gasteiger partial charge in [0.15, 0.2) is 0 Å². The number of benzene rings is 1. The van der Waals surface area contributed by atoms with Crippen LogP contribution in [0.4, 0.5) is 4.39 Å². The fourth-order valence-corrected chi connectivity index (χ4v) is 3.55. The highest BCUT2D eigenvalue weighted by Crippen LogP contribution is 2.31. The summed E-state index contributed by atoms with van der Waals surface area (Å²) in [6.07, 6.45) is 2.96. The Balaban J connectivity index is 1.77. The standard InChI is InChI=1S/C18H21FN2O4/c1-25-11-18(17(23)24)5-2-6-21(10-18)16(22)7-12-9-20-15-8-13(19)3-4-14(12)15/h3-4,8-9,20H,2,5-7,10-11H2,1H3,(H,23,24). The molecule has 1 aliphatic rings. The minimum atomic E-state index is -1.05. The van der Waals surface area contributed by atoms with E-state index in [-0.39, 0.29) is 31.3 Å². The molecule has 1 unspecified atom stereocenters. The van der Waals surface area contributed by atoms with Gasteiger partial charge in [0.1, 0.15) is 11.2 Å². The van der Waals surface area contributed by atoms with Gasteiger partial charge >= 0.3 is 5.97 Å². The average molecular weight is 348 g/mol. The van der Waals surface area contributed by atoms with E-state index in [1.165, 1.54) is 19.2 Å². The predicted octanol–water partition coefficient (Wildman–Crippen LogP) is 2.19. The van der Waals surface area contributed by atoms with Crippen molar-refractivity contribution in [2.24, 2.45) is 5.41 Å². The first-order valence-electron chi connectivity index (χ1n) is 8.21. The second-order valence-corrected chi connectivity index (χ2v) is 6.62. The van der Waals surface area contributed by atoms with Crippen LogP contribution in [0.5, 0.6) is 0 Å². The number of nitrogens with zero attached hydrogens (tertiary/aromatic N) is 1. The summed E-state index contributed by atoms with van der Waals surface area (Å²) < 4.78 is 18.4. The first kappa shape index (κ1) is 17.4. The molecule has 2 N–H and O–H groups in total. The van der Waals surface area contributed by atoms with Gasteiger partial charge < -0.3 is 19.7 Å². The van der Waals surface area contributed by atoms with Crippen molar-refractivity contribution in [3.8, 4) is 0 Å². The minimum Gasteiger partial charge on any atom is -0.481 e. The van der Waals surface area contributed by atoms with Crippen LogP contribution in [-0.4, -0.2) is 53.7 Å². The van der Waals surface area contributed by atoms with Gasteiger partial charge in [-0.25, -0.2) is 4.39 Å². The second kappa shape index (κ2) is 6.84. The van der Waals surface area contributed by atoms with Crippen LogP contribution in [-0.2, 0) is 20.7 Å². The molecule has 0 aliphatic carbocycles. The Hall–Kier alpha value is -2.41. The average Bonchev–Trinajstić information content (AvgIpc) is 2.97. The Morgan fingerprint density at radius 1 is 1.44 bits per heavy atom. The Morgan fingerprint density at radius 3 is 2.96 bits per heavy atom. The summed E-state index contributed by atoms with van der Waals surface area (Å²) in [4.78, 5) is 29.0. The number of ether oxygens (including phenoxy) is 1. The zero-order valence-electron chi connectivity index (χ0n) is 14.0. The highest BCUT2D eigenvalue weighted by atomic mass is 19.1. The lowest BCUT2D eigenvalue weighted by atomic mass is 9.80. The van der Waals surface area contributed by atoms with E-state index in [1.54, 1.807) is 17.2 Å². The molecule has 0 spiro atoms. The van der Waals surface area contributed by atoms with Gasteiger partial charge in [0, 0.05) is 37.3 Å². The van der Waals surface area contributed by atoms with E-state index in [2.05, 4.69) is 4.98 Å². The molecule has 7 heteroatoms. The highest BCUT2D eigenvalue weighted by Gasteiger charge is 2.43. The first-order valence-corrected chi connectivity index (χ1v) is 8.21. The molecule has 1 aliphatic heterocycles. The number of hydrogen-bond donors (Lipinski definition) is 2. The number of nitrogens with one attached hydrogen (secondary N) is 1. The molecular formula is C18H21FN2O4. The van der Waals surface area contributed by atoms with Gasteiger partial charge in [-0.3, -0.25) is 9.59 Å². The lowest BCUT2D eigenvalue weighted by molar-refractivity contribution is -0.159. The van der Waals surface area contributed by atoms with E-state index >= 15 is 0 Å². The Kier molecular flexibility index (Phi) is 4.76. The number of carbonyl (C=O) groups excluding carboxylic acids is 1. The van der Waals surface area contributed by atoms with Crippen molar-refractivity contribution in [3.63, 3.8) is 0 Å². The third-order valence-corrected chi connectivity index (χ3v) is 4.88. The van der Waals surface area contributed by atoms with Gasteiger partial charge in [-0.2, -0.15) is 0 Å². The van der Waals surface area contributed by atoms with Gasteiger partial charge in [0.25, 0.3) is 0 Å². The number of carbonyl (C=O) groups is 2. The molecule has 1 aromatic carbocycles. The Labute approximate surface area is 144 Å². The number of methoxy groups -OCH3 is 1. The Bertz CT molecular complexity index is 799. The van der Waals surface area contributed by atoms with Gasteiger partial charge in [0.05, 0.1) is 13.0 Å². The number of fused-ring (bicyclic) bond motifs is 1. The number of carboxylic acid groups (broad SMARTS) is 1. The molecule has 1 aromatic heterocycles. The van der Waals surface area contributed by atoms with Crippen molar-refractivity contribution in [1.29, 1.82) is 0 Å². The van der Waals surface area contributed by atoms with Crippen molar-refractivity contribution in [2.75, 3.05) is 26.8 Å². The summed E-state index contributed by atoms with van der Waals surface area (Å²) in [5.41, 5.74) is 0.366. The topological polar surface area (TPSA) is 82.6 Å². The molecular weight excluding hydrogens is 327 g/mol. The molecule has 2 aromatic rings. The van der Waals surface area contributed by atoms with Crippen LogP contribution in [0.2, 0.25) is 0 Å². The number of hydrogen-bond acceptors (Lipinski definition) is 3. The number of aliphatic carboxylic acids is 1. The van der Waals surface area contributed by atoms with E-state index in [4.69, 9.17) is 4.74 Å². The van der Waals surface area contributed by atoms with Crippen molar-refractivity contribution in [2.45, 2.75) is 19.3 Å². The maximum absolute atomic E-state index is 13.3. The number of H-pyrrole nitrogens is 1. The van der Waals surface area contributed by atoms with E-state index in [0.29, 0.717) is 24.9 Å². The number of aromatic amines is 1. The molecule has 2 heterocycles. The zero-order chi connectivity index (χ0) is 18.0. The monoisotopic (exact) mass is 348 g/mol. The number of rotatable bonds is 5. The van der Waals surface area contributed by atoms with Crippen LogP contribution in [0, 0.1) is 11.2 Å². The summed E-state index contributed by atoms with van der Waals surface area (Å²) >= 11 is 0. The molecule has 134 valence electrons. The third-order valence-electron chi connectivity index (χ3n) is 4.88. The van der Waals surface area contributed by atoms with Gasteiger partial charge in [-0.1, -0.05) is 0 Å². The van der Waals surface area contributed by atoms with E-state index < -0.39 is 11.4 Å². The van der Waals surface area contributed by atoms with E-state index in [1.807, 2.05) is 0 Å². The maximum Gasteiger partial charge on any atom is 0.313 e. The number of likely N-dealkylation sites (tertiary alicyclic amines) is 1. The molecule has 3 rings (SSSR count). The number of aromatic nitrogens is 1. The van der Waals surface area contributed by atoms with Gasteiger partial charge in [0.2, 0.25) is 5.91 Å². The second-order valence-electron chi connectivity index (χ2n) is 6.62. The largest absolute Gasteiger partial charge is 0.481 e. The fourth-order valence-electron chi connectivity index (χ4n) is 3.55. The normalized spacial score (nSPS) is 20.8. The third kappa shape index (κ3) is 3.37. The van der Waals surface area contributed by atoms with Crippen LogP contribution in [0.3, 0.4) is 0 Å². The number of piperidine rings is 1. The molecule has 1 saturated heterocycles. The van der Waals surface area contributed by atoms with Crippen LogP contribution in [0.25, 0.3) is 10.9 Å². The molecule has 6 nitrogen and oxygen atoms in total. The zero-order valence-corrected chi connectivity index (χ0v) is 14.0. The molecule has 1 atom stereocenters. The summed E-state index contributed by atoms with van der Waals surface area (Å²) in [5.74, 6) is -1.41. The summed E-state index contributed by atoms with van der Waals surface area (Å²) in [7, 11) is 1.47. The Morgan fingerprint density at radius 2 is 2.24 bits per heavy atom. The molecule has 1 amide bonds. The lowest BCUT2D eigenvalue weighted by Crippen LogP contribution is -2.52. The number of carboxylic acids is 1. The molecule has 1 fully saturated rings. The molecule has 25 heavy (non-hydrogen) atoms. The van der Waals surface area contributed by atoms with Gasteiger partial charge in [-0.15, -0.1) is 0 Å². The van der Waals surface area contributed by atoms with Crippen molar-refractivity contribution in [1.82, 2.24) is 9.88 Å². The summed E-state index contributed by atoms with van der Waals surface area (Å²) in [6.45, 7) is 0.763. The van der Waals surface area contributed by atoms with Crippen LogP contribution < -0.4 is 0 Å². The molecule has 0 saturated carbocycles. The minimum absolute atomic E-state index is 0.0818. The SMILES string of the molecule is COCC1(C(=O)O)CCCN(C(=O)Cc2c[nH]c3cc(F)ccc23)C1. The maximum atomic E-state index is 13.3. The summed E-state index contributed by atoms with van der Waals surface area (Å²) in [6, 6.07) is 4.39. The number of halogens is 1. The highest BCUT2D eigenvalue weighted by molar-refractivity contribution is 5.89. The molecule has 0 radical (unpaired) electrons. The predicted molar refractivity (Wildman–Crippen MR) is 89.7 cm³/mol.